The van der Waals surface area contributed by atoms with Crippen LogP contribution in [0.3, 0.4) is 0 Å². The third kappa shape index (κ3) is 2.85. The number of H-pyrrole nitrogens is 1. The van der Waals surface area contributed by atoms with Gasteiger partial charge in [0.1, 0.15) is 0 Å². The Hall–Kier alpha value is -3.53. The minimum Gasteiger partial charge on any atom is -0.328 e. The topological polar surface area (TPSA) is 58.6 Å². The molecule has 3 aromatic heterocycles. The van der Waals surface area contributed by atoms with Crippen LogP contribution in [0.4, 0.5) is 0 Å². The lowest BCUT2D eigenvalue weighted by molar-refractivity contribution is 1.22. The first-order valence-corrected chi connectivity index (χ1v) is 7.97. The van der Waals surface area contributed by atoms with E-state index in [9.17, 15) is 4.79 Å². The van der Waals surface area contributed by atoms with Gasteiger partial charge in [0.15, 0.2) is 0 Å². The van der Waals surface area contributed by atoms with E-state index in [2.05, 4.69) is 15.0 Å². The van der Waals surface area contributed by atoms with E-state index in [1.807, 2.05) is 60.7 Å². The molecule has 0 spiro atoms. The van der Waals surface area contributed by atoms with Gasteiger partial charge in [0.2, 0.25) is 0 Å². The smallest absolute Gasteiger partial charge is 0.256 e. The zero-order valence-electron chi connectivity index (χ0n) is 13.4. The van der Waals surface area contributed by atoms with Crippen LogP contribution >= 0.6 is 0 Å². The van der Waals surface area contributed by atoms with E-state index < -0.39 is 0 Å². The van der Waals surface area contributed by atoms with Gasteiger partial charge in [0.05, 0.1) is 11.3 Å². The number of rotatable bonds is 3. The van der Waals surface area contributed by atoms with Crippen LogP contribution in [0.5, 0.6) is 0 Å². The summed E-state index contributed by atoms with van der Waals surface area (Å²) in [4.78, 5) is 24.2. The number of nitrogens with one attached hydrogen (secondary N) is 1. The number of pyridine rings is 3. The highest BCUT2D eigenvalue weighted by Gasteiger charge is 2.18. The van der Waals surface area contributed by atoms with Gasteiger partial charge in [-0.3, -0.25) is 14.8 Å². The fourth-order valence-corrected chi connectivity index (χ4v) is 2.95. The third-order valence-electron chi connectivity index (χ3n) is 4.05. The second-order valence-corrected chi connectivity index (χ2v) is 5.60. The molecule has 0 atom stereocenters. The molecule has 4 rings (SSSR count). The van der Waals surface area contributed by atoms with Crippen molar-refractivity contribution in [3.05, 3.63) is 95.8 Å². The third-order valence-corrected chi connectivity index (χ3v) is 4.05. The molecule has 3 heterocycles. The molecule has 0 amide bonds. The van der Waals surface area contributed by atoms with Crippen LogP contribution in [0.15, 0.2) is 90.2 Å². The van der Waals surface area contributed by atoms with E-state index in [1.165, 1.54) is 0 Å². The van der Waals surface area contributed by atoms with Crippen LogP contribution in [0.25, 0.3) is 33.5 Å². The molecule has 0 saturated heterocycles. The minimum absolute atomic E-state index is 0.147. The van der Waals surface area contributed by atoms with Crippen molar-refractivity contribution in [1.82, 2.24) is 15.0 Å². The van der Waals surface area contributed by atoms with E-state index in [1.54, 1.807) is 24.8 Å². The Bertz CT molecular complexity index is 1040. The molecule has 0 fully saturated rings. The average molecular weight is 325 g/mol. The van der Waals surface area contributed by atoms with E-state index in [0.717, 1.165) is 27.9 Å². The Balaban J connectivity index is 2.09. The maximum absolute atomic E-state index is 12.7. The maximum Gasteiger partial charge on any atom is 0.256 e. The number of hydrogen-bond acceptors (Lipinski definition) is 3. The molecule has 4 nitrogen and oxygen atoms in total. The molecule has 0 radical (unpaired) electrons. The molecule has 0 unspecified atom stereocenters. The predicted octanol–water partition coefficient (Wildman–Crippen LogP) is 4.17. The monoisotopic (exact) mass is 325 g/mol. The van der Waals surface area contributed by atoms with Crippen LogP contribution in [-0.2, 0) is 0 Å². The molecule has 0 saturated carbocycles. The van der Waals surface area contributed by atoms with E-state index in [-0.39, 0.29) is 5.56 Å². The van der Waals surface area contributed by atoms with Gasteiger partial charge in [-0.05, 0) is 23.8 Å². The highest BCUT2D eigenvalue weighted by molar-refractivity contribution is 5.92. The van der Waals surface area contributed by atoms with Crippen molar-refractivity contribution in [1.29, 1.82) is 0 Å². The zero-order valence-corrected chi connectivity index (χ0v) is 13.4. The Morgan fingerprint density at radius 2 is 1.56 bits per heavy atom. The van der Waals surface area contributed by atoms with E-state index >= 15 is 0 Å². The van der Waals surface area contributed by atoms with Gasteiger partial charge in [0, 0.05) is 41.5 Å². The molecule has 120 valence electrons. The molecule has 0 bridgehead atoms. The number of nitrogens with zero attached hydrogens (tertiary/aromatic N) is 2. The van der Waals surface area contributed by atoms with Crippen LogP contribution in [0.2, 0.25) is 0 Å². The van der Waals surface area contributed by atoms with Gasteiger partial charge in [0.25, 0.3) is 5.56 Å². The summed E-state index contributed by atoms with van der Waals surface area (Å²) in [5.41, 5.74) is 4.74. The van der Waals surface area contributed by atoms with Crippen LogP contribution < -0.4 is 5.56 Å². The first kappa shape index (κ1) is 15.0. The summed E-state index contributed by atoms with van der Waals surface area (Å²) in [7, 11) is 0. The quantitative estimate of drug-likeness (QED) is 0.615. The Kier molecular flexibility index (Phi) is 3.92. The number of benzene rings is 1. The fourth-order valence-electron chi connectivity index (χ4n) is 2.95. The van der Waals surface area contributed by atoms with Crippen LogP contribution in [0.1, 0.15) is 0 Å². The summed E-state index contributed by atoms with van der Waals surface area (Å²) in [5, 5.41) is 0. The average Bonchev–Trinajstić information content (AvgIpc) is 2.70. The SMILES string of the molecule is O=c1[nH]cc(-c2ccccn2)c(-c2ccccc2)c1-c1cccnc1. The van der Waals surface area contributed by atoms with Crippen molar-refractivity contribution in [2.24, 2.45) is 0 Å². The second-order valence-electron chi connectivity index (χ2n) is 5.60. The molecule has 1 aromatic carbocycles. The summed E-state index contributed by atoms with van der Waals surface area (Å²) in [6, 6.07) is 19.4. The second kappa shape index (κ2) is 6.53. The van der Waals surface area contributed by atoms with Gasteiger partial charge >= 0.3 is 0 Å². The minimum atomic E-state index is -0.147. The lowest BCUT2D eigenvalue weighted by atomic mass is 9.91. The Labute approximate surface area is 144 Å². The van der Waals surface area contributed by atoms with E-state index in [4.69, 9.17) is 0 Å². The van der Waals surface area contributed by atoms with Crippen molar-refractivity contribution in [2.45, 2.75) is 0 Å². The molecular formula is C21H15N3O. The van der Waals surface area contributed by atoms with Gasteiger partial charge in [-0.25, -0.2) is 0 Å². The lowest BCUT2D eigenvalue weighted by Gasteiger charge is -2.14. The molecule has 4 heteroatoms. The van der Waals surface area contributed by atoms with Crippen molar-refractivity contribution in [3.8, 4) is 33.5 Å². The van der Waals surface area contributed by atoms with Crippen LogP contribution in [-0.4, -0.2) is 15.0 Å². The number of hydrogen-bond donors (Lipinski definition) is 1. The summed E-state index contributed by atoms with van der Waals surface area (Å²) in [5.74, 6) is 0. The lowest BCUT2D eigenvalue weighted by Crippen LogP contribution is -2.11. The van der Waals surface area contributed by atoms with E-state index in [0.29, 0.717) is 5.56 Å². The van der Waals surface area contributed by atoms with Gasteiger partial charge in [-0.1, -0.05) is 42.5 Å². The molecule has 0 aliphatic rings. The number of aromatic nitrogens is 3. The van der Waals surface area contributed by atoms with Crippen molar-refractivity contribution in [3.63, 3.8) is 0 Å². The summed E-state index contributed by atoms with van der Waals surface area (Å²) >= 11 is 0. The van der Waals surface area contributed by atoms with Crippen LogP contribution in [0, 0.1) is 0 Å². The first-order chi connectivity index (χ1) is 12.3. The molecule has 1 N–H and O–H groups in total. The fraction of sp³-hybridized carbons (Fsp3) is 0. The summed E-state index contributed by atoms with van der Waals surface area (Å²) in [6.45, 7) is 0. The maximum atomic E-state index is 12.7. The largest absolute Gasteiger partial charge is 0.328 e. The Morgan fingerprint density at radius 1 is 0.760 bits per heavy atom. The molecular weight excluding hydrogens is 310 g/mol. The predicted molar refractivity (Wildman–Crippen MR) is 99.0 cm³/mol. The molecule has 25 heavy (non-hydrogen) atoms. The standard InChI is InChI=1S/C21H15N3O/c25-21-20(16-9-6-11-22-13-16)19(15-7-2-1-3-8-15)17(14-24-21)18-10-4-5-12-23-18/h1-14H,(H,24,25). The first-order valence-electron chi connectivity index (χ1n) is 7.97. The van der Waals surface area contributed by atoms with Gasteiger partial charge < -0.3 is 4.98 Å². The zero-order chi connectivity index (χ0) is 17.1. The van der Waals surface area contributed by atoms with Gasteiger partial charge in [-0.15, -0.1) is 0 Å². The highest BCUT2D eigenvalue weighted by Crippen LogP contribution is 2.36. The van der Waals surface area contributed by atoms with Crippen molar-refractivity contribution in [2.75, 3.05) is 0 Å². The van der Waals surface area contributed by atoms with Gasteiger partial charge in [-0.2, -0.15) is 0 Å². The number of aromatic amines is 1. The summed E-state index contributed by atoms with van der Waals surface area (Å²) in [6.07, 6.45) is 6.88. The highest BCUT2D eigenvalue weighted by atomic mass is 16.1. The molecule has 0 aliphatic heterocycles. The molecule has 0 aliphatic carbocycles. The van der Waals surface area contributed by atoms with Crippen molar-refractivity contribution >= 4 is 0 Å². The van der Waals surface area contributed by atoms with Crippen molar-refractivity contribution < 1.29 is 0 Å². The molecule has 4 aromatic rings. The normalized spacial score (nSPS) is 10.6. The summed E-state index contributed by atoms with van der Waals surface area (Å²) < 4.78 is 0. The Morgan fingerprint density at radius 3 is 2.28 bits per heavy atom.